The largest absolute Gasteiger partial charge is 0.330 e. The number of imide groups is 1. The number of nitrogens with zero attached hydrogens (tertiary/aromatic N) is 2. The van der Waals surface area contributed by atoms with Gasteiger partial charge in [0.25, 0.3) is 11.8 Å². The molecule has 5 nitrogen and oxygen atoms in total. The van der Waals surface area contributed by atoms with E-state index in [0.717, 1.165) is 25.9 Å². The molecule has 0 spiro atoms. The van der Waals surface area contributed by atoms with E-state index in [0.29, 0.717) is 30.3 Å². The van der Waals surface area contributed by atoms with Gasteiger partial charge in [-0.25, -0.2) is 0 Å². The Bertz CT molecular complexity index is 509. The highest BCUT2D eigenvalue weighted by atomic mass is 16.2. The molecule has 0 bridgehead atoms. The molecule has 0 aromatic heterocycles. The smallest absolute Gasteiger partial charge is 0.262 e. The highest BCUT2D eigenvalue weighted by molar-refractivity contribution is 6.21. The minimum Gasteiger partial charge on any atom is -0.330 e. The van der Waals surface area contributed by atoms with Gasteiger partial charge in [-0.05, 0) is 44.0 Å². The van der Waals surface area contributed by atoms with E-state index in [9.17, 15) is 9.59 Å². The Labute approximate surface area is 118 Å². The lowest BCUT2D eigenvalue weighted by molar-refractivity contribution is 0.0484. The van der Waals surface area contributed by atoms with Crippen LogP contribution < -0.4 is 5.73 Å². The Balaban J connectivity index is 1.73. The van der Waals surface area contributed by atoms with Crippen molar-refractivity contribution >= 4 is 11.8 Å². The number of rotatable bonds is 3. The zero-order chi connectivity index (χ0) is 14.1. The minimum absolute atomic E-state index is 0.180. The number of amides is 2. The Morgan fingerprint density at radius 3 is 2.40 bits per heavy atom. The summed E-state index contributed by atoms with van der Waals surface area (Å²) in [5.74, 6) is 0.111. The maximum atomic E-state index is 12.3. The van der Waals surface area contributed by atoms with Gasteiger partial charge in [-0.1, -0.05) is 12.1 Å². The van der Waals surface area contributed by atoms with E-state index in [1.165, 1.54) is 4.90 Å². The van der Waals surface area contributed by atoms with E-state index >= 15 is 0 Å². The van der Waals surface area contributed by atoms with Crippen molar-refractivity contribution < 1.29 is 9.59 Å². The molecular weight excluding hydrogens is 254 g/mol. The molecular formula is C15H19N3O2. The van der Waals surface area contributed by atoms with Gasteiger partial charge in [0.05, 0.1) is 17.8 Å². The van der Waals surface area contributed by atoms with Crippen molar-refractivity contribution in [2.75, 3.05) is 26.3 Å². The molecule has 2 N–H and O–H groups in total. The maximum Gasteiger partial charge on any atom is 0.262 e. The standard InChI is InChI=1S/C15H19N3O2/c16-8-11-4-3-7-17(9-11)10-18-14(19)12-5-1-2-6-13(12)15(18)20/h1-2,5-6,11H,3-4,7-10,16H2. The van der Waals surface area contributed by atoms with Crippen LogP contribution in [0.15, 0.2) is 24.3 Å². The molecule has 1 fully saturated rings. The zero-order valence-electron chi connectivity index (χ0n) is 11.4. The van der Waals surface area contributed by atoms with Gasteiger partial charge >= 0.3 is 0 Å². The molecule has 20 heavy (non-hydrogen) atoms. The van der Waals surface area contributed by atoms with Gasteiger partial charge in [0, 0.05) is 6.54 Å². The Hall–Kier alpha value is -1.72. The number of benzene rings is 1. The van der Waals surface area contributed by atoms with Crippen LogP contribution in [0, 0.1) is 5.92 Å². The van der Waals surface area contributed by atoms with E-state index in [-0.39, 0.29) is 11.8 Å². The molecule has 0 saturated carbocycles. The van der Waals surface area contributed by atoms with Crippen LogP contribution in [-0.2, 0) is 0 Å². The number of nitrogens with two attached hydrogens (primary N) is 1. The first kappa shape index (κ1) is 13.3. The second kappa shape index (κ2) is 5.34. The monoisotopic (exact) mass is 273 g/mol. The summed E-state index contributed by atoms with van der Waals surface area (Å²) in [5, 5.41) is 0. The molecule has 2 aliphatic rings. The summed E-state index contributed by atoms with van der Waals surface area (Å²) in [6.45, 7) is 2.83. The average molecular weight is 273 g/mol. The van der Waals surface area contributed by atoms with E-state index in [4.69, 9.17) is 5.73 Å². The summed E-state index contributed by atoms with van der Waals surface area (Å²) in [4.78, 5) is 28.1. The highest BCUT2D eigenvalue weighted by Gasteiger charge is 2.36. The molecule has 0 radical (unpaired) electrons. The first-order chi connectivity index (χ1) is 9.70. The third-order valence-electron chi connectivity index (χ3n) is 4.16. The number of fused-ring (bicyclic) bond motifs is 1. The van der Waals surface area contributed by atoms with Crippen molar-refractivity contribution in [2.45, 2.75) is 12.8 Å². The molecule has 5 heteroatoms. The average Bonchev–Trinajstić information content (AvgIpc) is 2.73. The number of piperidine rings is 1. The molecule has 1 aromatic rings. The van der Waals surface area contributed by atoms with Crippen LogP contribution in [0.3, 0.4) is 0 Å². The molecule has 1 unspecified atom stereocenters. The molecule has 3 rings (SSSR count). The second-order valence-electron chi connectivity index (χ2n) is 5.55. The van der Waals surface area contributed by atoms with Crippen LogP contribution in [0.1, 0.15) is 33.6 Å². The molecule has 2 amide bonds. The first-order valence-electron chi connectivity index (χ1n) is 7.08. The number of carbonyl (C=O) groups excluding carboxylic acids is 2. The number of hydrogen-bond donors (Lipinski definition) is 1. The molecule has 1 atom stereocenters. The topological polar surface area (TPSA) is 66.6 Å². The van der Waals surface area contributed by atoms with Crippen LogP contribution in [0.5, 0.6) is 0 Å². The van der Waals surface area contributed by atoms with Crippen molar-refractivity contribution in [3.8, 4) is 0 Å². The van der Waals surface area contributed by atoms with Crippen LogP contribution in [0.2, 0.25) is 0 Å². The Morgan fingerprint density at radius 1 is 1.15 bits per heavy atom. The number of carbonyl (C=O) groups is 2. The predicted molar refractivity (Wildman–Crippen MR) is 75.2 cm³/mol. The third-order valence-corrected chi connectivity index (χ3v) is 4.16. The Kier molecular flexibility index (Phi) is 3.54. The number of likely N-dealkylation sites (tertiary alicyclic amines) is 1. The van der Waals surface area contributed by atoms with E-state index in [1.54, 1.807) is 24.3 Å². The van der Waals surface area contributed by atoms with Crippen molar-refractivity contribution in [2.24, 2.45) is 11.7 Å². The van der Waals surface area contributed by atoms with Crippen molar-refractivity contribution in [3.05, 3.63) is 35.4 Å². The lowest BCUT2D eigenvalue weighted by atomic mass is 9.99. The molecule has 106 valence electrons. The van der Waals surface area contributed by atoms with E-state index in [2.05, 4.69) is 4.90 Å². The maximum absolute atomic E-state index is 12.3. The predicted octanol–water partition coefficient (Wildman–Crippen LogP) is 0.911. The fourth-order valence-corrected chi connectivity index (χ4v) is 3.04. The van der Waals surface area contributed by atoms with Crippen molar-refractivity contribution in [1.29, 1.82) is 0 Å². The van der Waals surface area contributed by atoms with Crippen molar-refractivity contribution in [3.63, 3.8) is 0 Å². The zero-order valence-corrected chi connectivity index (χ0v) is 11.4. The summed E-state index contributed by atoms with van der Waals surface area (Å²) in [6, 6.07) is 7.01. The summed E-state index contributed by atoms with van der Waals surface area (Å²) < 4.78 is 0. The summed E-state index contributed by atoms with van der Waals surface area (Å²) in [5.41, 5.74) is 6.76. The van der Waals surface area contributed by atoms with Crippen LogP contribution >= 0.6 is 0 Å². The van der Waals surface area contributed by atoms with Crippen LogP contribution in [0.25, 0.3) is 0 Å². The summed E-state index contributed by atoms with van der Waals surface area (Å²) in [7, 11) is 0. The lowest BCUT2D eigenvalue weighted by Crippen LogP contribution is -2.46. The fourth-order valence-electron chi connectivity index (χ4n) is 3.04. The van der Waals surface area contributed by atoms with Crippen LogP contribution in [-0.4, -0.2) is 47.9 Å². The Morgan fingerprint density at radius 2 is 1.80 bits per heavy atom. The van der Waals surface area contributed by atoms with Gasteiger partial charge in [0.1, 0.15) is 0 Å². The SMILES string of the molecule is NCC1CCCN(CN2C(=O)c3ccccc3C2=O)C1. The highest BCUT2D eigenvalue weighted by Crippen LogP contribution is 2.24. The van der Waals surface area contributed by atoms with Gasteiger partial charge in [-0.15, -0.1) is 0 Å². The van der Waals surface area contributed by atoms with Crippen molar-refractivity contribution in [1.82, 2.24) is 9.80 Å². The molecule has 2 aliphatic heterocycles. The minimum atomic E-state index is -0.180. The first-order valence-corrected chi connectivity index (χ1v) is 7.08. The van der Waals surface area contributed by atoms with Crippen LogP contribution in [0.4, 0.5) is 0 Å². The van der Waals surface area contributed by atoms with Gasteiger partial charge in [-0.3, -0.25) is 19.4 Å². The van der Waals surface area contributed by atoms with Gasteiger partial charge in [-0.2, -0.15) is 0 Å². The fraction of sp³-hybridized carbons (Fsp3) is 0.467. The molecule has 0 aliphatic carbocycles. The van der Waals surface area contributed by atoms with Gasteiger partial charge in [0.15, 0.2) is 0 Å². The molecule has 1 saturated heterocycles. The summed E-state index contributed by atoms with van der Waals surface area (Å²) in [6.07, 6.45) is 2.21. The third kappa shape index (κ3) is 2.23. The second-order valence-corrected chi connectivity index (χ2v) is 5.55. The lowest BCUT2D eigenvalue weighted by Gasteiger charge is -2.34. The van der Waals surface area contributed by atoms with E-state index < -0.39 is 0 Å². The van der Waals surface area contributed by atoms with E-state index in [1.807, 2.05) is 0 Å². The molecule has 1 aromatic carbocycles. The van der Waals surface area contributed by atoms with Gasteiger partial charge in [0.2, 0.25) is 0 Å². The normalized spacial score (nSPS) is 23.2. The summed E-state index contributed by atoms with van der Waals surface area (Å²) >= 11 is 0. The van der Waals surface area contributed by atoms with Gasteiger partial charge < -0.3 is 5.73 Å². The number of hydrogen-bond acceptors (Lipinski definition) is 4. The quantitative estimate of drug-likeness (QED) is 0.831. The molecule has 2 heterocycles.